The maximum atomic E-state index is 9.74. The molecule has 1 aliphatic rings. The first-order chi connectivity index (χ1) is 10.1. The number of hydrogen-bond acceptors (Lipinski definition) is 6. The van der Waals surface area contributed by atoms with E-state index in [1.54, 1.807) is 6.07 Å². The molecular weight excluding hydrogens is 292 g/mol. The molecule has 21 heavy (non-hydrogen) atoms. The molecule has 0 radical (unpaired) electrons. The van der Waals surface area contributed by atoms with Crippen LogP contribution in [-0.4, -0.2) is 37.9 Å². The molecule has 0 bridgehead atoms. The topological polar surface area (TPSA) is 95.7 Å². The van der Waals surface area contributed by atoms with Crippen LogP contribution in [0.15, 0.2) is 23.3 Å². The van der Waals surface area contributed by atoms with Crippen LogP contribution in [0.25, 0.3) is 0 Å². The number of H-pyrrole nitrogens is 1. The Labute approximate surface area is 125 Å². The summed E-state index contributed by atoms with van der Waals surface area (Å²) in [5, 5.41) is 30.1. The molecule has 0 amide bonds. The maximum Gasteiger partial charge on any atom is 0.216 e. The first-order valence-electron chi connectivity index (χ1n) is 6.50. The van der Waals surface area contributed by atoms with E-state index < -0.39 is 0 Å². The summed E-state index contributed by atoms with van der Waals surface area (Å²) in [6.07, 6.45) is 3.19. The zero-order valence-corrected chi connectivity index (χ0v) is 11.9. The molecule has 3 N–H and O–H groups in total. The van der Waals surface area contributed by atoms with Crippen LogP contribution in [-0.2, 0) is 4.74 Å². The van der Waals surface area contributed by atoms with Crippen molar-refractivity contribution in [2.75, 3.05) is 6.61 Å². The summed E-state index contributed by atoms with van der Waals surface area (Å²) >= 11 is 5.15. The van der Waals surface area contributed by atoms with Gasteiger partial charge in [-0.25, -0.2) is 0 Å². The van der Waals surface area contributed by atoms with Crippen LogP contribution in [0.3, 0.4) is 0 Å². The Morgan fingerprint density at radius 1 is 1.48 bits per heavy atom. The predicted octanol–water partition coefficient (Wildman–Crippen LogP) is 2.09. The Morgan fingerprint density at radius 3 is 3.05 bits per heavy atom. The maximum absolute atomic E-state index is 9.74. The Bertz CT molecular complexity index is 731. The number of hydrogen-bond donors (Lipinski definition) is 3. The molecule has 0 saturated carbocycles. The van der Waals surface area contributed by atoms with Crippen molar-refractivity contribution in [3.63, 3.8) is 0 Å². The minimum Gasteiger partial charge on any atom is -0.508 e. The molecule has 3 rings (SSSR count). The number of rotatable bonds is 3. The fourth-order valence-corrected chi connectivity index (χ4v) is 2.35. The zero-order valence-electron chi connectivity index (χ0n) is 11.1. The average Bonchev–Trinajstić information content (AvgIpc) is 3.08. The largest absolute Gasteiger partial charge is 0.508 e. The van der Waals surface area contributed by atoms with Gasteiger partial charge in [0.15, 0.2) is 5.82 Å². The third kappa shape index (κ3) is 2.81. The summed E-state index contributed by atoms with van der Waals surface area (Å²) in [4.78, 5) is 0. The van der Waals surface area contributed by atoms with Gasteiger partial charge in [-0.3, -0.25) is 5.10 Å². The molecule has 8 heteroatoms. The summed E-state index contributed by atoms with van der Waals surface area (Å²) < 4.78 is 7.42. The van der Waals surface area contributed by atoms with Crippen molar-refractivity contribution < 1.29 is 14.9 Å². The van der Waals surface area contributed by atoms with Gasteiger partial charge in [-0.2, -0.15) is 14.9 Å². The molecule has 7 nitrogen and oxygen atoms in total. The van der Waals surface area contributed by atoms with E-state index in [1.807, 2.05) is 0 Å². The summed E-state index contributed by atoms with van der Waals surface area (Å²) in [6.45, 7) is 0.701. The molecule has 1 aromatic carbocycles. The quantitative estimate of drug-likeness (QED) is 0.596. The highest BCUT2D eigenvalue weighted by atomic mass is 32.1. The molecule has 1 saturated heterocycles. The summed E-state index contributed by atoms with van der Waals surface area (Å²) in [7, 11) is 0. The van der Waals surface area contributed by atoms with Gasteiger partial charge < -0.3 is 14.9 Å². The van der Waals surface area contributed by atoms with Crippen LogP contribution in [0.4, 0.5) is 0 Å². The molecule has 2 heterocycles. The third-order valence-corrected chi connectivity index (χ3v) is 3.48. The van der Waals surface area contributed by atoms with Crippen molar-refractivity contribution in [1.82, 2.24) is 14.9 Å². The number of ether oxygens (including phenoxy) is 1. The minimum absolute atomic E-state index is 0.00961. The number of aromatic amines is 1. The number of nitrogens with one attached hydrogen (secondary N) is 1. The van der Waals surface area contributed by atoms with Crippen LogP contribution in [0, 0.1) is 4.77 Å². The van der Waals surface area contributed by atoms with Gasteiger partial charge >= 0.3 is 0 Å². The SMILES string of the molecule is Oc1ccc(/C=N/n2c([C@H]3CCCO3)n[nH]c2=S)c(O)c1. The Kier molecular flexibility index (Phi) is 3.72. The Balaban J connectivity index is 1.92. The highest BCUT2D eigenvalue weighted by Gasteiger charge is 2.23. The van der Waals surface area contributed by atoms with Crippen LogP contribution in [0.1, 0.15) is 30.3 Å². The Morgan fingerprint density at radius 2 is 2.33 bits per heavy atom. The third-order valence-electron chi connectivity index (χ3n) is 3.22. The highest BCUT2D eigenvalue weighted by molar-refractivity contribution is 7.71. The molecular formula is C13H14N4O3S. The number of nitrogens with zero attached hydrogens (tertiary/aromatic N) is 3. The van der Waals surface area contributed by atoms with Gasteiger partial charge in [0.25, 0.3) is 0 Å². The second-order valence-electron chi connectivity index (χ2n) is 4.69. The first kappa shape index (κ1) is 13.8. The molecule has 2 aromatic rings. The smallest absolute Gasteiger partial charge is 0.216 e. The van der Waals surface area contributed by atoms with Crippen molar-refractivity contribution in [3.05, 3.63) is 34.4 Å². The summed E-state index contributed by atoms with van der Waals surface area (Å²) in [5.41, 5.74) is 0.467. The molecule has 1 aromatic heterocycles. The first-order valence-corrected chi connectivity index (χ1v) is 6.91. The summed E-state index contributed by atoms with van der Waals surface area (Å²) in [5.74, 6) is 0.545. The van der Waals surface area contributed by atoms with Gasteiger partial charge in [-0.15, -0.1) is 0 Å². The fraction of sp³-hybridized carbons (Fsp3) is 0.308. The average molecular weight is 306 g/mol. The van der Waals surface area contributed by atoms with E-state index in [-0.39, 0.29) is 17.6 Å². The van der Waals surface area contributed by atoms with E-state index in [0.29, 0.717) is 22.8 Å². The van der Waals surface area contributed by atoms with Crippen LogP contribution in [0.2, 0.25) is 0 Å². The van der Waals surface area contributed by atoms with Crippen LogP contribution < -0.4 is 0 Å². The lowest BCUT2D eigenvalue weighted by atomic mass is 10.2. The number of benzene rings is 1. The van der Waals surface area contributed by atoms with Crippen LogP contribution in [0.5, 0.6) is 11.5 Å². The Hall–Kier alpha value is -2.19. The number of aromatic hydroxyl groups is 2. The van der Waals surface area contributed by atoms with E-state index in [1.165, 1.54) is 23.0 Å². The lowest BCUT2D eigenvalue weighted by Crippen LogP contribution is -2.05. The van der Waals surface area contributed by atoms with Gasteiger partial charge in [0.1, 0.15) is 17.6 Å². The van der Waals surface area contributed by atoms with E-state index in [9.17, 15) is 10.2 Å². The lowest BCUT2D eigenvalue weighted by molar-refractivity contribution is 0.102. The molecule has 1 fully saturated rings. The molecule has 0 spiro atoms. The highest BCUT2D eigenvalue weighted by Crippen LogP contribution is 2.27. The van der Waals surface area contributed by atoms with Gasteiger partial charge in [0, 0.05) is 18.2 Å². The number of phenolic OH excluding ortho intramolecular Hbond substituents is 2. The monoisotopic (exact) mass is 306 g/mol. The van der Waals surface area contributed by atoms with Crippen molar-refractivity contribution in [2.45, 2.75) is 18.9 Å². The van der Waals surface area contributed by atoms with Crippen molar-refractivity contribution in [3.8, 4) is 11.5 Å². The zero-order chi connectivity index (χ0) is 14.8. The van der Waals surface area contributed by atoms with Gasteiger partial charge in [0.05, 0.1) is 6.21 Å². The minimum atomic E-state index is -0.122. The number of aromatic nitrogens is 3. The molecule has 1 atom stereocenters. The van der Waals surface area contributed by atoms with E-state index in [4.69, 9.17) is 17.0 Å². The van der Waals surface area contributed by atoms with Gasteiger partial charge in [0.2, 0.25) is 4.77 Å². The van der Waals surface area contributed by atoms with Crippen molar-refractivity contribution in [1.29, 1.82) is 0 Å². The predicted molar refractivity (Wildman–Crippen MR) is 78.1 cm³/mol. The molecule has 110 valence electrons. The lowest BCUT2D eigenvalue weighted by Gasteiger charge is -2.07. The standard InChI is InChI=1S/C13H14N4O3S/c18-9-4-3-8(10(19)6-9)7-14-17-12(15-16-13(17)21)11-2-1-5-20-11/h3-4,6-7,11,18-19H,1-2,5H2,(H,16,21)/b14-7+/t11-/m1/s1. The fourth-order valence-electron chi connectivity index (χ4n) is 2.17. The van der Waals surface area contributed by atoms with E-state index in [0.717, 1.165) is 12.8 Å². The van der Waals surface area contributed by atoms with E-state index in [2.05, 4.69) is 15.3 Å². The molecule has 1 aliphatic heterocycles. The normalized spacial score (nSPS) is 18.6. The number of phenols is 2. The summed E-state index contributed by atoms with van der Waals surface area (Å²) in [6, 6.07) is 4.28. The second-order valence-corrected chi connectivity index (χ2v) is 5.07. The second kappa shape index (κ2) is 5.66. The van der Waals surface area contributed by atoms with Gasteiger partial charge in [-0.05, 0) is 37.2 Å². The van der Waals surface area contributed by atoms with E-state index >= 15 is 0 Å². The van der Waals surface area contributed by atoms with Crippen molar-refractivity contribution in [2.24, 2.45) is 5.10 Å². The van der Waals surface area contributed by atoms with Gasteiger partial charge in [-0.1, -0.05) is 0 Å². The van der Waals surface area contributed by atoms with Crippen LogP contribution >= 0.6 is 12.2 Å². The van der Waals surface area contributed by atoms with Crippen molar-refractivity contribution >= 4 is 18.4 Å². The molecule has 0 unspecified atom stereocenters. The molecule has 0 aliphatic carbocycles.